The zero-order valence-electron chi connectivity index (χ0n) is 14.4. The molecule has 0 unspecified atom stereocenters. The van der Waals surface area contributed by atoms with Gasteiger partial charge in [-0.15, -0.1) is 0 Å². The predicted octanol–water partition coefficient (Wildman–Crippen LogP) is 2.97. The number of aromatic nitrogens is 2. The van der Waals surface area contributed by atoms with Crippen molar-refractivity contribution in [3.63, 3.8) is 0 Å². The van der Waals surface area contributed by atoms with Gasteiger partial charge in [-0.25, -0.2) is 4.98 Å². The Balaban J connectivity index is 1.62. The molecule has 0 aromatic carbocycles. The summed E-state index contributed by atoms with van der Waals surface area (Å²) in [6.45, 7) is 5.81. The number of fused-ring (bicyclic) bond motifs is 4. The zero-order chi connectivity index (χ0) is 17.6. The van der Waals surface area contributed by atoms with Crippen molar-refractivity contribution < 1.29 is 9.32 Å². The third-order valence-electron chi connectivity index (χ3n) is 5.34. The molecule has 7 heteroatoms. The highest BCUT2D eigenvalue weighted by atomic mass is 35.5. The van der Waals surface area contributed by atoms with Crippen molar-refractivity contribution in [3.05, 3.63) is 40.4 Å². The minimum Gasteiger partial charge on any atom is -0.361 e. The molecule has 5 heterocycles. The predicted molar refractivity (Wildman–Crippen MR) is 94.5 cm³/mol. The molecule has 0 saturated carbocycles. The summed E-state index contributed by atoms with van der Waals surface area (Å²) in [5.74, 6) is 1.76. The number of hydrogen-bond acceptors (Lipinski definition) is 5. The molecule has 3 aliphatic rings. The summed E-state index contributed by atoms with van der Waals surface area (Å²) < 4.78 is 5.26. The fourth-order valence-corrected chi connectivity index (χ4v) is 4.17. The van der Waals surface area contributed by atoms with Gasteiger partial charge in [0.1, 0.15) is 11.6 Å². The number of carbonyl (C=O) groups is 1. The first kappa shape index (κ1) is 16.4. The molecule has 3 saturated heterocycles. The second-order valence-corrected chi connectivity index (χ2v) is 7.32. The van der Waals surface area contributed by atoms with Crippen molar-refractivity contribution in [2.75, 3.05) is 18.0 Å². The smallest absolute Gasteiger partial charge is 0.228 e. The van der Waals surface area contributed by atoms with Crippen molar-refractivity contribution >= 4 is 23.3 Å². The van der Waals surface area contributed by atoms with Gasteiger partial charge in [0.05, 0.1) is 23.2 Å². The SMILES string of the molecule is Cc1noc(C)c1CN1C(=O)[C@H]2CC[C@@H]1CN(c1ncccc1Cl)C2. The standard InChI is InChI=1S/C18H21ClN4O2/c1-11-15(12(2)25-21-11)10-23-14-6-5-13(18(23)24)8-22(9-14)17-16(19)4-3-7-20-17/h3-4,7,13-14H,5-6,8-10H2,1-2H3/t13-,14+/m0/s1. The van der Waals surface area contributed by atoms with E-state index in [0.717, 1.165) is 42.2 Å². The van der Waals surface area contributed by atoms with E-state index in [1.807, 2.05) is 30.9 Å². The van der Waals surface area contributed by atoms with Crippen LogP contribution < -0.4 is 4.90 Å². The van der Waals surface area contributed by atoms with Gasteiger partial charge in [-0.1, -0.05) is 16.8 Å². The minimum absolute atomic E-state index is 0.0164. The Morgan fingerprint density at radius 2 is 2.16 bits per heavy atom. The van der Waals surface area contributed by atoms with Gasteiger partial charge < -0.3 is 14.3 Å². The van der Waals surface area contributed by atoms with E-state index in [4.69, 9.17) is 16.1 Å². The summed E-state index contributed by atoms with van der Waals surface area (Å²) in [4.78, 5) is 21.6. The van der Waals surface area contributed by atoms with Crippen molar-refractivity contribution in [2.24, 2.45) is 5.92 Å². The second-order valence-electron chi connectivity index (χ2n) is 6.91. The molecule has 0 spiro atoms. The fraction of sp³-hybridized carbons (Fsp3) is 0.500. The summed E-state index contributed by atoms with van der Waals surface area (Å²) in [6, 6.07) is 3.82. The molecule has 0 radical (unpaired) electrons. The Labute approximate surface area is 151 Å². The first-order chi connectivity index (χ1) is 12.0. The highest BCUT2D eigenvalue weighted by Gasteiger charge is 2.41. The van der Waals surface area contributed by atoms with Crippen LogP contribution in [-0.2, 0) is 11.3 Å². The number of rotatable bonds is 3. The molecule has 5 rings (SSSR count). The van der Waals surface area contributed by atoms with Crippen LogP contribution in [0.5, 0.6) is 0 Å². The van der Waals surface area contributed by atoms with Crippen molar-refractivity contribution in [2.45, 2.75) is 39.3 Å². The Bertz CT molecular complexity index is 787. The van der Waals surface area contributed by atoms with E-state index in [0.29, 0.717) is 18.1 Å². The van der Waals surface area contributed by atoms with Crippen LogP contribution >= 0.6 is 11.6 Å². The molecular formula is C18H21ClN4O2. The molecule has 2 bridgehead atoms. The topological polar surface area (TPSA) is 62.5 Å². The highest BCUT2D eigenvalue weighted by Crippen LogP contribution is 2.34. The summed E-state index contributed by atoms with van der Waals surface area (Å²) >= 11 is 6.33. The van der Waals surface area contributed by atoms with Crippen LogP contribution in [0.2, 0.25) is 5.02 Å². The van der Waals surface area contributed by atoms with Crippen molar-refractivity contribution in [1.29, 1.82) is 0 Å². The zero-order valence-corrected chi connectivity index (χ0v) is 15.2. The van der Waals surface area contributed by atoms with Gasteiger partial charge >= 0.3 is 0 Å². The number of piperidine rings is 1. The lowest BCUT2D eigenvalue weighted by Crippen LogP contribution is -2.47. The van der Waals surface area contributed by atoms with E-state index in [1.54, 1.807) is 6.20 Å². The maximum absolute atomic E-state index is 13.0. The monoisotopic (exact) mass is 360 g/mol. The molecule has 1 amide bonds. The van der Waals surface area contributed by atoms with Gasteiger partial charge in [0.15, 0.2) is 0 Å². The molecular weight excluding hydrogens is 340 g/mol. The summed E-state index contributed by atoms with van der Waals surface area (Å²) in [6.07, 6.45) is 3.67. The van der Waals surface area contributed by atoms with Gasteiger partial charge in [-0.05, 0) is 38.8 Å². The lowest BCUT2D eigenvalue weighted by molar-refractivity contribution is -0.140. The second kappa shape index (κ2) is 6.33. The number of aryl methyl sites for hydroxylation is 2. The van der Waals surface area contributed by atoms with Gasteiger partial charge in [0.25, 0.3) is 0 Å². The van der Waals surface area contributed by atoms with E-state index in [-0.39, 0.29) is 17.9 Å². The first-order valence-electron chi connectivity index (χ1n) is 8.62. The van der Waals surface area contributed by atoms with E-state index < -0.39 is 0 Å². The van der Waals surface area contributed by atoms with Gasteiger partial charge in [0, 0.05) is 30.9 Å². The quantitative estimate of drug-likeness (QED) is 0.842. The largest absolute Gasteiger partial charge is 0.361 e. The van der Waals surface area contributed by atoms with Crippen LogP contribution in [0.3, 0.4) is 0 Å². The van der Waals surface area contributed by atoms with Gasteiger partial charge in [0.2, 0.25) is 5.91 Å². The van der Waals surface area contributed by atoms with Crippen LogP contribution in [0.15, 0.2) is 22.9 Å². The molecule has 0 N–H and O–H groups in total. The third kappa shape index (κ3) is 2.88. The fourth-order valence-electron chi connectivity index (χ4n) is 3.93. The van der Waals surface area contributed by atoms with Crippen LogP contribution in [0.4, 0.5) is 5.82 Å². The van der Waals surface area contributed by atoms with Crippen LogP contribution in [0, 0.1) is 19.8 Å². The van der Waals surface area contributed by atoms with E-state index in [9.17, 15) is 4.79 Å². The van der Waals surface area contributed by atoms with E-state index >= 15 is 0 Å². The molecule has 2 atom stereocenters. The molecule has 25 heavy (non-hydrogen) atoms. The Morgan fingerprint density at radius 1 is 1.32 bits per heavy atom. The van der Waals surface area contributed by atoms with Crippen LogP contribution in [-0.4, -0.2) is 40.1 Å². The molecule has 0 aliphatic carbocycles. The number of nitrogens with zero attached hydrogens (tertiary/aromatic N) is 4. The number of halogens is 1. The molecule has 3 aliphatic heterocycles. The van der Waals surface area contributed by atoms with Gasteiger partial charge in [-0.2, -0.15) is 0 Å². The number of hydrogen-bond donors (Lipinski definition) is 0. The molecule has 6 nitrogen and oxygen atoms in total. The third-order valence-corrected chi connectivity index (χ3v) is 5.64. The summed E-state index contributed by atoms with van der Waals surface area (Å²) in [7, 11) is 0. The summed E-state index contributed by atoms with van der Waals surface area (Å²) in [5, 5.41) is 4.65. The van der Waals surface area contributed by atoms with E-state index in [1.165, 1.54) is 0 Å². The lowest BCUT2D eigenvalue weighted by atomic mass is 9.93. The molecule has 2 aromatic heterocycles. The normalized spacial score (nSPS) is 23.2. The number of carbonyl (C=O) groups excluding carboxylic acids is 1. The van der Waals surface area contributed by atoms with E-state index in [2.05, 4.69) is 15.0 Å². The van der Waals surface area contributed by atoms with Crippen molar-refractivity contribution in [1.82, 2.24) is 15.0 Å². The van der Waals surface area contributed by atoms with Crippen LogP contribution in [0.25, 0.3) is 0 Å². The Hall–Kier alpha value is -2.08. The number of anilines is 1. The maximum atomic E-state index is 13.0. The first-order valence-corrected chi connectivity index (χ1v) is 9.00. The number of pyridine rings is 1. The molecule has 2 aromatic rings. The van der Waals surface area contributed by atoms with Crippen LogP contribution in [0.1, 0.15) is 29.9 Å². The highest BCUT2D eigenvalue weighted by molar-refractivity contribution is 6.32. The lowest BCUT2D eigenvalue weighted by Gasteiger charge is -2.35. The average molecular weight is 361 g/mol. The average Bonchev–Trinajstić information content (AvgIpc) is 2.78. The number of amides is 1. The molecule has 3 fully saturated rings. The molecule has 132 valence electrons. The van der Waals surface area contributed by atoms with Gasteiger partial charge in [-0.3, -0.25) is 4.79 Å². The maximum Gasteiger partial charge on any atom is 0.228 e. The van der Waals surface area contributed by atoms with Crippen molar-refractivity contribution in [3.8, 4) is 0 Å². The Kier molecular flexibility index (Phi) is 4.15. The minimum atomic E-state index is -0.0164. The summed E-state index contributed by atoms with van der Waals surface area (Å²) in [5.41, 5.74) is 1.87. The Morgan fingerprint density at radius 3 is 2.88 bits per heavy atom.